The van der Waals surface area contributed by atoms with Gasteiger partial charge in [0.25, 0.3) is 0 Å². The van der Waals surface area contributed by atoms with Crippen molar-refractivity contribution >= 4 is 51.8 Å². The molecule has 0 aliphatic rings. The van der Waals surface area contributed by atoms with E-state index in [-0.39, 0.29) is 23.4 Å². The summed E-state index contributed by atoms with van der Waals surface area (Å²) < 4.78 is 13.9. The maximum absolute atomic E-state index is 13.7. The van der Waals surface area contributed by atoms with Gasteiger partial charge in [-0.3, -0.25) is 4.79 Å². The lowest BCUT2D eigenvalue weighted by molar-refractivity contribution is -0.130. The fraction of sp³-hybridized carbons (Fsp3) is 0.120. The number of carboxylic acid groups (broad SMARTS) is 1. The zero-order chi connectivity index (χ0) is 23.4. The molecule has 1 N–H and O–H groups in total. The number of para-hydroxylation sites is 1. The van der Waals surface area contributed by atoms with E-state index in [4.69, 9.17) is 4.74 Å². The van der Waals surface area contributed by atoms with Crippen molar-refractivity contribution in [2.24, 2.45) is 0 Å². The Hall–Kier alpha value is -3.49. The second-order valence-corrected chi connectivity index (χ2v) is 8.58. The Kier molecular flexibility index (Phi) is 6.86. The normalized spacial score (nSPS) is 11.8. The maximum Gasteiger partial charge on any atom is 0.336 e. The molecule has 0 aliphatic carbocycles. The summed E-state index contributed by atoms with van der Waals surface area (Å²) in [4.78, 5) is 27.2. The minimum Gasteiger partial charge on any atom is -0.496 e. The number of aliphatic carboxylic acids is 1. The van der Waals surface area contributed by atoms with Gasteiger partial charge in [0.2, 0.25) is 0 Å². The van der Waals surface area contributed by atoms with E-state index < -0.39 is 5.97 Å². The maximum atomic E-state index is 13.7. The first kappa shape index (κ1) is 22.7. The van der Waals surface area contributed by atoms with Gasteiger partial charge < -0.3 is 9.84 Å². The molecule has 0 amide bonds. The van der Waals surface area contributed by atoms with E-state index in [1.54, 1.807) is 55.3 Å². The van der Waals surface area contributed by atoms with Crippen LogP contribution in [0.3, 0.4) is 0 Å². The van der Waals surface area contributed by atoms with Crippen LogP contribution in [-0.2, 0) is 11.2 Å². The number of rotatable bonds is 8. The monoisotopic (exact) mass is 476 g/mol. The molecule has 1 aromatic heterocycles. The average Bonchev–Trinajstić information content (AvgIpc) is 3.31. The zero-order valence-electron chi connectivity index (χ0n) is 17.9. The number of hydrogen-bond acceptors (Lipinski definition) is 7. The van der Waals surface area contributed by atoms with Gasteiger partial charge in [-0.15, -0.1) is 11.8 Å². The van der Waals surface area contributed by atoms with Crippen molar-refractivity contribution in [3.05, 3.63) is 89.0 Å². The number of carboxylic acids is 1. The number of allylic oxidation sites excluding steroid dienone is 1. The Labute approximate surface area is 199 Å². The van der Waals surface area contributed by atoms with Crippen LogP contribution in [0.2, 0.25) is 0 Å². The molecule has 1 heterocycles. The number of fused-ring (bicyclic) bond motifs is 1. The first-order valence-corrected chi connectivity index (χ1v) is 12.0. The summed E-state index contributed by atoms with van der Waals surface area (Å²) in [5, 5.41) is 10.2. The largest absolute Gasteiger partial charge is 0.496 e. The van der Waals surface area contributed by atoms with Gasteiger partial charge in [-0.05, 0) is 59.8 Å². The van der Waals surface area contributed by atoms with Crippen molar-refractivity contribution in [1.29, 1.82) is 0 Å². The molecule has 8 heteroatoms. The Morgan fingerprint density at radius 1 is 0.970 bits per heavy atom. The van der Waals surface area contributed by atoms with E-state index in [1.807, 2.05) is 36.6 Å². The second-order valence-electron chi connectivity index (χ2n) is 7.17. The lowest BCUT2D eigenvalue weighted by Crippen LogP contribution is -2.14. The van der Waals surface area contributed by atoms with E-state index in [2.05, 4.69) is 8.75 Å². The predicted octanol–water partition coefficient (Wildman–Crippen LogP) is 5.39. The first-order chi connectivity index (χ1) is 16.0. The molecular weight excluding hydrogens is 456 g/mol. The summed E-state index contributed by atoms with van der Waals surface area (Å²) in [5.74, 6) is -0.941. The number of ether oxygens (including phenoxy) is 1. The van der Waals surface area contributed by atoms with Gasteiger partial charge in [-0.2, -0.15) is 8.75 Å². The van der Waals surface area contributed by atoms with Crippen LogP contribution in [0, 0.1) is 0 Å². The third-order valence-electron chi connectivity index (χ3n) is 5.24. The van der Waals surface area contributed by atoms with Gasteiger partial charge in [-0.1, -0.05) is 24.3 Å². The van der Waals surface area contributed by atoms with E-state index in [9.17, 15) is 14.7 Å². The fourth-order valence-corrected chi connectivity index (χ4v) is 4.53. The molecule has 0 aliphatic heterocycles. The number of Topliss-reactive ketones (excluding diaryl/α,β-unsaturated/α-hetero) is 1. The second kappa shape index (κ2) is 9.97. The lowest BCUT2D eigenvalue weighted by Gasteiger charge is -2.15. The molecule has 3 aromatic carbocycles. The molecule has 4 aromatic rings. The van der Waals surface area contributed by atoms with Gasteiger partial charge >= 0.3 is 5.97 Å². The van der Waals surface area contributed by atoms with Crippen LogP contribution in [0.4, 0.5) is 0 Å². The van der Waals surface area contributed by atoms with Crippen LogP contribution < -0.4 is 4.74 Å². The number of aromatic nitrogens is 2. The highest BCUT2D eigenvalue weighted by molar-refractivity contribution is 7.98. The van der Waals surface area contributed by atoms with Gasteiger partial charge in [0.05, 0.1) is 24.4 Å². The van der Waals surface area contributed by atoms with Crippen molar-refractivity contribution in [3.63, 3.8) is 0 Å². The fourth-order valence-electron chi connectivity index (χ4n) is 3.60. The quantitative estimate of drug-likeness (QED) is 0.207. The summed E-state index contributed by atoms with van der Waals surface area (Å²) in [6, 6.07) is 19.5. The molecule has 6 nitrogen and oxygen atoms in total. The topological polar surface area (TPSA) is 89.4 Å². The number of thioether (sulfide) groups is 1. The summed E-state index contributed by atoms with van der Waals surface area (Å²) in [6.45, 7) is 0. The van der Waals surface area contributed by atoms with E-state index in [0.29, 0.717) is 27.9 Å². The smallest absolute Gasteiger partial charge is 0.336 e. The SMILES string of the molecule is COc1ccccc1CC(C(=O)c1ccc(SC)cc1)=C(C(=O)O)c1ccc2nsnc2c1. The number of methoxy groups -OCH3 is 1. The van der Waals surface area contributed by atoms with Crippen LogP contribution in [0.25, 0.3) is 16.6 Å². The van der Waals surface area contributed by atoms with Crippen LogP contribution in [-0.4, -0.2) is 39.0 Å². The Morgan fingerprint density at radius 2 is 1.67 bits per heavy atom. The molecule has 0 unspecified atom stereocenters. The van der Waals surface area contributed by atoms with Crippen molar-refractivity contribution in [1.82, 2.24) is 8.75 Å². The standard InChI is InChI=1S/C25H20N2O4S2/c1-31-22-6-4-3-5-16(22)13-19(24(28)15-7-10-18(32-2)11-8-15)23(25(29)30)17-9-12-20-21(14-17)27-33-26-20/h3-12,14H,13H2,1-2H3,(H,29,30). The molecule has 0 saturated carbocycles. The van der Waals surface area contributed by atoms with E-state index in [0.717, 1.165) is 22.2 Å². The molecular formula is C25H20N2O4S2. The number of nitrogens with zero attached hydrogens (tertiary/aromatic N) is 2. The van der Waals surface area contributed by atoms with Crippen molar-refractivity contribution in [2.75, 3.05) is 13.4 Å². The van der Waals surface area contributed by atoms with E-state index in [1.165, 1.54) is 0 Å². The molecule has 0 bridgehead atoms. The Bertz CT molecular complexity index is 1360. The molecule has 0 fully saturated rings. The molecule has 0 radical (unpaired) electrons. The first-order valence-electron chi connectivity index (χ1n) is 10.0. The van der Waals surface area contributed by atoms with Crippen LogP contribution in [0.5, 0.6) is 5.75 Å². The van der Waals surface area contributed by atoms with Crippen LogP contribution >= 0.6 is 23.5 Å². The Morgan fingerprint density at radius 3 is 2.36 bits per heavy atom. The van der Waals surface area contributed by atoms with Gasteiger partial charge in [0.15, 0.2) is 5.78 Å². The van der Waals surface area contributed by atoms with Gasteiger partial charge in [-0.25, -0.2) is 4.79 Å². The molecule has 166 valence electrons. The molecule has 0 spiro atoms. The highest BCUT2D eigenvalue weighted by atomic mass is 32.2. The minimum absolute atomic E-state index is 0.0604. The lowest BCUT2D eigenvalue weighted by atomic mass is 9.89. The molecule has 4 rings (SSSR count). The molecule has 0 atom stereocenters. The molecule has 0 saturated heterocycles. The number of hydrogen-bond donors (Lipinski definition) is 1. The van der Waals surface area contributed by atoms with Crippen molar-refractivity contribution in [3.8, 4) is 5.75 Å². The summed E-state index contributed by atoms with van der Waals surface area (Å²) >= 11 is 2.62. The van der Waals surface area contributed by atoms with Crippen LogP contribution in [0.15, 0.2) is 77.2 Å². The minimum atomic E-state index is -1.18. The van der Waals surface area contributed by atoms with Gasteiger partial charge in [0, 0.05) is 22.5 Å². The number of carbonyl (C=O) groups excluding carboxylic acids is 1. The van der Waals surface area contributed by atoms with Gasteiger partial charge in [0.1, 0.15) is 16.8 Å². The highest BCUT2D eigenvalue weighted by Gasteiger charge is 2.25. The number of ketones is 1. The zero-order valence-corrected chi connectivity index (χ0v) is 19.6. The summed E-state index contributed by atoms with van der Waals surface area (Å²) in [6.07, 6.45) is 2.05. The van der Waals surface area contributed by atoms with Crippen LogP contribution in [0.1, 0.15) is 21.5 Å². The average molecular weight is 477 g/mol. The van der Waals surface area contributed by atoms with E-state index >= 15 is 0 Å². The van der Waals surface area contributed by atoms with Crippen molar-refractivity contribution in [2.45, 2.75) is 11.3 Å². The third kappa shape index (κ3) is 4.81. The number of carbonyl (C=O) groups is 2. The number of benzene rings is 3. The molecule has 33 heavy (non-hydrogen) atoms. The van der Waals surface area contributed by atoms with Crippen molar-refractivity contribution < 1.29 is 19.4 Å². The Balaban J connectivity index is 1.91. The summed E-state index contributed by atoms with van der Waals surface area (Å²) in [5.41, 5.74) is 2.93. The third-order valence-corrected chi connectivity index (χ3v) is 6.54. The highest BCUT2D eigenvalue weighted by Crippen LogP contribution is 2.30. The predicted molar refractivity (Wildman–Crippen MR) is 131 cm³/mol. The summed E-state index contributed by atoms with van der Waals surface area (Å²) in [7, 11) is 1.55.